The normalized spacial score (nSPS) is 13.5. The number of ether oxygens (including phenoxy) is 1. The fraction of sp³-hybridized carbons (Fsp3) is 0.111. The number of para-hydroxylation sites is 2. The van der Waals surface area contributed by atoms with Crippen molar-refractivity contribution in [3.05, 3.63) is 71.6 Å². The van der Waals surface area contributed by atoms with Crippen LogP contribution >= 0.6 is 0 Å². The summed E-state index contributed by atoms with van der Waals surface area (Å²) < 4.78 is 48.2. The SMILES string of the molecule is O=C(Nc1ncc(C(F)(F)F)o1)C1c2ccccc2Oc2ccccc21. The van der Waals surface area contributed by atoms with Gasteiger partial charge >= 0.3 is 12.2 Å². The summed E-state index contributed by atoms with van der Waals surface area (Å²) in [7, 11) is 0. The highest BCUT2D eigenvalue weighted by atomic mass is 19.4. The third-order valence-corrected chi connectivity index (χ3v) is 3.96. The van der Waals surface area contributed by atoms with Gasteiger partial charge in [0.15, 0.2) is 0 Å². The smallest absolute Gasteiger partial charge is 0.451 e. The van der Waals surface area contributed by atoms with Crippen LogP contribution in [0.4, 0.5) is 19.2 Å². The molecule has 2 aromatic carbocycles. The monoisotopic (exact) mass is 360 g/mol. The van der Waals surface area contributed by atoms with E-state index >= 15 is 0 Å². The summed E-state index contributed by atoms with van der Waals surface area (Å²) in [6, 6.07) is 13.4. The van der Waals surface area contributed by atoms with Gasteiger partial charge in [-0.2, -0.15) is 13.2 Å². The highest BCUT2D eigenvalue weighted by Gasteiger charge is 2.37. The molecular weight excluding hydrogens is 349 g/mol. The third kappa shape index (κ3) is 2.79. The Labute approximate surface area is 145 Å². The highest BCUT2D eigenvalue weighted by molar-refractivity contribution is 5.98. The Morgan fingerprint density at radius 1 is 1.00 bits per heavy atom. The molecule has 26 heavy (non-hydrogen) atoms. The number of amides is 1. The number of oxazole rings is 1. The Kier molecular flexibility index (Phi) is 3.68. The summed E-state index contributed by atoms with van der Waals surface area (Å²) in [5, 5.41) is 2.31. The summed E-state index contributed by atoms with van der Waals surface area (Å²) >= 11 is 0. The van der Waals surface area contributed by atoms with Gasteiger partial charge in [-0.25, -0.2) is 4.98 Å². The Morgan fingerprint density at radius 2 is 1.58 bits per heavy atom. The first-order chi connectivity index (χ1) is 12.4. The Morgan fingerprint density at radius 3 is 2.12 bits per heavy atom. The lowest BCUT2D eigenvalue weighted by Gasteiger charge is -2.26. The van der Waals surface area contributed by atoms with Crippen molar-refractivity contribution in [1.82, 2.24) is 4.98 Å². The number of benzene rings is 2. The predicted molar refractivity (Wildman–Crippen MR) is 84.9 cm³/mol. The lowest BCUT2D eigenvalue weighted by molar-refractivity contribution is -0.152. The van der Waals surface area contributed by atoms with E-state index in [0.717, 1.165) is 0 Å². The molecule has 1 aliphatic rings. The van der Waals surface area contributed by atoms with Crippen molar-refractivity contribution in [3.63, 3.8) is 0 Å². The molecule has 132 valence electrons. The number of anilines is 1. The van der Waals surface area contributed by atoms with Crippen LogP contribution in [0.2, 0.25) is 0 Å². The number of hydrogen-bond acceptors (Lipinski definition) is 4. The van der Waals surface area contributed by atoms with Gasteiger partial charge < -0.3 is 9.15 Å². The number of halogens is 3. The lowest BCUT2D eigenvalue weighted by atomic mass is 9.87. The number of carbonyl (C=O) groups excluding carboxylic acids is 1. The van der Waals surface area contributed by atoms with Crippen LogP contribution in [-0.2, 0) is 11.0 Å². The molecule has 4 rings (SSSR count). The average molecular weight is 360 g/mol. The van der Waals surface area contributed by atoms with Gasteiger partial charge in [-0.3, -0.25) is 10.1 Å². The second kappa shape index (κ2) is 5.91. The number of fused-ring (bicyclic) bond motifs is 2. The van der Waals surface area contributed by atoms with Crippen molar-refractivity contribution in [3.8, 4) is 11.5 Å². The molecular formula is C18H11F3N2O3. The van der Waals surface area contributed by atoms with Gasteiger partial charge in [0.1, 0.15) is 11.5 Å². The van der Waals surface area contributed by atoms with Crippen LogP contribution in [-0.4, -0.2) is 10.9 Å². The van der Waals surface area contributed by atoms with Crippen molar-refractivity contribution in [2.75, 3.05) is 5.32 Å². The summed E-state index contributed by atoms with van der Waals surface area (Å²) in [6.07, 6.45) is -4.14. The first-order valence-electron chi connectivity index (χ1n) is 7.63. The van der Waals surface area contributed by atoms with Gasteiger partial charge in [0.2, 0.25) is 11.7 Å². The van der Waals surface area contributed by atoms with Gasteiger partial charge in [0.05, 0.1) is 12.1 Å². The Hall–Kier alpha value is -3.29. The number of alkyl halides is 3. The first kappa shape index (κ1) is 16.2. The molecule has 0 spiro atoms. The second-order valence-corrected chi connectivity index (χ2v) is 5.63. The number of rotatable bonds is 2. The van der Waals surface area contributed by atoms with E-state index in [9.17, 15) is 18.0 Å². The van der Waals surface area contributed by atoms with E-state index in [2.05, 4.69) is 14.7 Å². The zero-order valence-corrected chi connectivity index (χ0v) is 13.1. The molecule has 0 bridgehead atoms. The summed E-state index contributed by atoms with van der Waals surface area (Å²) in [6.45, 7) is 0. The molecule has 0 radical (unpaired) electrons. The van der Waals surface area contributed by atoms with Crippen LogP contribution in [0, 0.1) is 0 Å². The average Bonchev–Trinajstić information content (AvgIpc) is 3.08. The van der Waals surface area contributed by atoms with Crippen LogP contribution in [0.15, 0.2) is 59.1 Å². The maximum Gasteiger partial charge on any atom is 0.451 e. The van der Waals surface area contributed by atoms with Crippen molar-refractivity contribution < 1.29 is 27.1 Å². The molecule has 1 amide bonds. The first-order valence-corrected chi connectivity index (χ1v) is 7.63. The molecule has 8 heteroatoms. The third-order valence-electron chi connectivity index (χ3n) is 3.96. The molecule has 0 saturated heterocycles. The van der Waals surface area contributed by atoms with Crippen LogP contribution in [0.5, 0.6) is 11.5 Å². The summed E-state index contributed by atoms with van der Waals surface area (Å²) in [4.78, 5) is 16.3. The molecule has 1 N–H and O–H groups in total. The van der Waals surface area contributed by atoms with Crippen LogP contribution in [0.25, 0.3) is 0 Å². The number of aromatic nitrogens is 1. The van der Waals surface area contributed by atoms with E-state index in [1.54, 1.807) is 48.5 Å². The summed E-state index contributed by atoms with van der Waals surface area (Å²) in [5.41, 5.74) is 1.21. The van der Waals surface area contributed by atoms with E-state index in [0.29, 0.717) is 28.8 Å². The quantitative estimate of drug-likeness (QED) is 0.727. The topological polar surface area (TPSA) is 64.4 Å². The molecule has 0 unspecified atom stereocenters. The van der Waals surface area contributed by atoms with Crippen molar-refractivity contribution in [2.45, 2.75) is 12.1 Å². The van der Waals surface area contributed by atoms with Crippen molar-refractivity contribution >= 4 is 11.9 Å². The predicted octanol–water partition coefficient (Wildman–Crippen LogP) is 4.57. The molecule has 2 heterocycles. The molecule has 1 aromatic heterocycles. The van der Waals surface area contributed by atoms with E-state index in [1.807, 2.05) is 0 Å². The minimum absolute atomic E-state index is 0.509. The minimum Gasteiger partial charge on any atom is -0.457 e. The fourth-order valence-electron chi connectivity index (χ4n) is 2.83. The van der Waals surface area contributed by atoms with Gasteiger partial charge in [0.25, 0.3) is 0 Å². The molecule has 0 atom stereocenters. The van der Waals surface area contributed by atoms with Crippen LogP contribution in [0.1, 0.15) is 22.8 Å². The van der Waals surface area contributed by atoms with E-state index in [-0.39, 0.29) is 0 Å². The molecule has 1 aliphatic heterocycles. The Balaban J connectivity index is 1.69. The standard InChI is InChI=1S/C18H11F3N2O3/c19-18(20,21)14-9-22-17(26-14)23-16(24)15-10-5-1-3-7-12(10)25-13-8-4-2-6-11(13)15/h1-9,15H,(H,22,23,24). The van der Waals surface area contributed by atoms with Gasteiger partial charge in [-0.15, -0.1) is 0 Å². The molecule has 3 aromatic rings. The molecule has 0 aliphatic carbocycles. The van der Waals surface area contributed by atoms with Crippen molar-refractivity contribution in [2.24, 2.45) is 0 Å². The zero-order chi connectivity index (χ0) is 18.3. The zero-order valence-electron chi connectivity index (χ0n) is 13.1. The molecule has 0 fully saturated rings. The maximum absolute atomic E-state index is 12.8. The number of hydrogen-bond donors (Lipinski definition) is 1. The van der Waals surface area contributed by atoms with Gasteiger partial charge in [-0.1, -0.05) is 36.4 Å². The number of carbonyl (C=O) groups is 1. The highest BCUT2D eigenvalue weighted by Crippen LogP contribution is 2.44. The lowest BCUT2D eigenvalue weighted by Crippen LogP contribution is -2.25. The Bertz CT molecular complexity index is 936. The maximum atomic E-state index is 12.8. The van der Waals surface area contributed by atoms with Gasteiger partial charge in [-0.05, 0) is 12.1 Å². The van der Waals surface area contributed by atoms with Crippen LogP contribution in [0.3, 0.4) is 0 Å². The second-order valence-electron chi connectivity index (χ2n) is 5.63. The fourth-order valence-corrected chi connectivity index (χ4v) is 2.83. The van der Waals surface area contributed by atoms with Gasteiger partial charge in [0, 0.05) is 11.1 Å². The largest absolute Gasteiger partial charge is 0.457 e. The van der Waals surface area contributed by atoms with E-state index < -0.39 is 29.8 Å². The molecule has 5 nitrogen and oxygen atoms in total. The summed E-state index contributed by atoms with van der Waals surface area (Å²) in [5.74, 6) is -1.59. The minimum atomic E-state index is -4.67. The molecule has 0 saturated carbocycles. The van der Waals surface area contributed by atoms with Crippen LogP contribution < -0.4 is 10.1 Å². The number of nitrogens with one attached hydrogen (secondary N) is 1. The number of nitrogens with zero attached hydrogens (tertiary/aromatic N) is 1. The van der Waals surface area contributed by atoms with E-state index in [4.69, 9.17) is 4.74 Å². The van der Waals surface area contributed by atoms with Crippen molar-refractivity contribution in [1.29, 1.82) is 0 Å². The van der Waals surface area contributed by atoms with E-state index in [1.165, 1.54) is 0 Å².